The summed E-state index contributed by atoms with van der Waals surface area (Å²) in [5.74, 6) is 0. The molecule has 0 saturated carbocycles. The summed E-state index contributed by atoms with van der Waals surface area (Å²) in [4.78, 5) is 12.9. The molecule has 0 aliphatic heterocycles. The smallest absolute Gasteiger partial charge is 0.208 e. The molecule has 0 saturated heterocycles. The maximum Gasteiger partial charge on any atom is 0.208 e. The molecular formula is C19H17BrN2O4S. The number of hydrogen-bond donors (Lipinski definition) is 0. The van der Waals surface area contributed by atoms with E-state index in [1.807, 2.05) is 24.3 Å². The summed E-state index contributed by atoms with van der Waals surface area (Å²) < 4.78 is 31.2. The van der Waals surface area contributed by atoms with Crippen molar-refractivity contribution in [3.05, 3.63) is 69.4 Å². The van der Waals surface area contributed by atoms with Crippen molar-refractivity contribution >= 4 is 25.8 Å². The first-order chi connectivity index (χ1) is 12.8. The zero-order chi connectivity index (χ0) is 19.6. The Kier molecular flexibility index (Phi) is 5.59. The monoisotopic (exact) mass is 448 g/mol. The van der Waals surface area contributed by atoms with E-state index in [1.165, 1.54) is 18.3 Å². The molecule has 2 aromatic carbocycles. The van der Waals surface area contributed by atoms with Crippen LogP contribution in [0.5, 0.6) is 0 Å². The van der Waals surface area contributed by atoms with E-state index in [-0.39, 0.29) is 17.1 Å². The van der Waals surface area contributed by atoms with E-state index in [1.54, 1.807) is 23.9 Å². The molecule has 0 spiro atoms. The van der Waals surface area contributed by atoms with Crippen LogP contribution in [0.1, 0.15) is 0 Å². The summed E-state index contributed by atoms with van der Waals surface area (Å²) in [6, 6.07) is 13.8. The van der Waals surface area contributed by atoms with Crippen LogP contribution in [0.15, 0.2) is 68.9 Å². The van der Waals surface area contributed by atoms with Crippen LogP contribution < -0.4 is 5.43 Å². The van der Waals surface area contributed by atoms with Crippen molar-refractivity contribution in [3.63, 3.8) is 0 Å². The Morgan fingerprint density at radius 3 is 2.19 bits per heavy atom. The van der Waals surface area contributed by atoms with Gasteiger partial charge in [-0.1, -0.05) is 40.2 Å². The van der Waals surface area contributed by atoms with Crippen molar-refractivity contribution in [1.29, 1.82) is 0 Å². The first-order valence-corrected chi connectivity index (χ1v) is 10.6. The second-order valence-corrected chi connectivity index (χ2v) is 8.88. The highest BCUT2D eigenvalue weighted by molar-refractivity contribution is 9.10. The SMILES string of the molecule is COCn1ncc(=O)c(-c2ccc(S(C)(=O)=O)cc2)c1-c1ccc(Br)cc1. The Bertz CT molecular complexity index is 1120. The minimum Gasteiger partial charge on any atom is -0.362 e. The molecule has 1 heterocycles. The maximum absolute atomic E-state index is 12.7. The first kappa shape index (κ1) is 19.5. The van der Waals surface area contributed by atoms with Gasteiger partial charge >= 0.3 is 0 Å². The topological polar surface area (TPSA) is 78.3 Å². The molecule has 1 aromatic heterocycles. The second-order valence-electron chi connectivity index (χ2n) is 5.95. The van der Waals surface area contributed by atoms with Gasteiger partial charge in [0.05, 0.1) is 22.3 Å². The molecule has 0 aliphatic rings. The van der Waals surface area contributed by atoms with Gasteiger partial charge in [-0.05, 0) is 29.8 Å². The third-order valence-corrected chi connectivity index (χ3v) is 5.65. The minimum absolute atomic E-state index is 0.167. The molecule has 27 heavy (non-hydrogen) atoms. The Labute approximate surface area is 165 Å². The highest BCUT2D eigenvalue weighted by Gasteiger charge is 2.17. The predicted octanol–water partition coefficient (Wildman–Crippen LogP) is 3.35. The Hall–Kier alpha value is -2.29. The van der Waals surface area contributed by atoms with Crippen molar-refractivity contribution in [2.45, 2.75) is 11.6 Å². The zero-order valence-electron chi connectivity index (χ0n) is 14.7. The molecule has 0 fully saturated rings. The summed E-state index contributed by atoms with van der Waals surface area (Å²) in [5, 5.41) is 4.18. The summed E-state index contributed by atoms with van der Waals surface area (Å²) >= 11 is 3.41. The van der Waals surface area contributed by atoms with Gasteiger partial charge in [0, 0.05) is 23.4 Å². The zero-order valence-corrected chi connectivity index (χ0v) is 17.1. The highest BCUT2D eigenvalue weighted by Crippen LogP contribution is 2.30. The van der Waals surface area contributed by atoms with Crippen LogP contribution in [-0.2, 0) is 21.3 Å². The summed E-state index contributed by atoms with van der Waals surface area (Å²) in [6.45, 7) is 0.167. The lowest BCUT2D eigenvalue weighted by molar-refractivity contribution is 0.121. The first-order valence-electron chi connectivity index (χ1n) is 7.97. The summed E-state index contributed by atoms with van der Waals surface area (Å²) in [6.07, 6.45) is 2.38. The lowest BCUT2D eigenvalue weighted by Gasteiger charge is -2.16. The predicted molar refractivity (Wildman–Crippen MR) is 107 cm³/mol. The van der Waals surface area contributed by atoms with Crippen LogP contribution in [0.3, 0.4) is 0 Å². The van der Waals surface area contributed by atoms with Crippen LogP contribution in [0, 0.1) is 0 Å². The minimum atomic E-state index is -3.32. The molecule has 0 bridgehead atoms. The van der Waals surface area contributed by atoms with E-state index < -0.39 is 9.84 Å². The fourth-order valence-corrected chi connectivity index (χ4v) is 3.65. The standard InChI is InChI=1S/C19H17BrN2O4S/c1-26-12-22-19(14-3-7-15(20)8-4-14)18(17(23)11-21-22)13-5-9-16(10-6-13)27(2,24)25/h3-11H,12H2,1-2H3. The number of rotatable bonds is 5. The number of benzene rings is 2. The van der Waals surface area contributed by atoms with Crippen molar-refractivity contribution in [2.75, 3.05) is 13.4 Å². The summed E-state index contributed by atoms with van der Waals surface area (Å²) in [5.41, 5.74) is 2.18. The fourth-order valence-electron chi connectivity index (χ4n) is 2.76. The van der Waals surface area contributed by atoms with Gasteiger partial charge in [-0.25, -0.2) is 13.1 Å². The fraction of sp³-hybridized carbons (Fsp3) is 0.158. The van der Waals surface area contributed by atoms with Gasteiger partial charge in [0.15, 0.2) is 9.84 Å². The maximum atomic E-state index is 12.7. The van der Waals surface area contributed by atoms with Crippen LogP contribution in [0.25, 0.3) is 22.4 Å². The molecule has 3 rings (SSSR count). The molecule has 8 heteroatoms. The number of methoxy groups -OCH3 is 1. The molecular weight excluding hydrogens is 432 g/mol. The molecule has 0 radical (unpaired) electrons. The molecule has 0 aliphatic carbocycles. The van der Waals surface area contributed by atoms with Crippen LogP contribution in [0.2, 0.25) is 0 Å². The number of hydrogen-bond acceptors (Lipinski definition) is 5. The number of aromatic nitrogens is 2. The van der Waals surface area contributed by atoms with Crippen molar-refractivity contribution in [1.82, 2.24) is 9.78 Å². The largest absolute Gasteiger partial charge is 0.362 e. The molecule has 0 amide bonds. The number of halogens is 1. The van der Waals surface area contributed by atoms with Crippen molar-refractivity contribution in [3.8, 4) is 22.4 Å². The number of ether oxygens (including phenoxy) is 1. The molecule has 3 aromatic rings. The van der Waals surface area contributed by atoms with Gasteiger partial charge in [0.1, 0.15) is 6.73 Å². The van der Waals surface area contributed by atoms with E-state index in [0.717, 1.165) is 16.3 Å². The van der Waals surface area contributed by atoms with Gasteiger partial charge in [-0.2, -0.15) is 5.10 Å². The lowest BCUT2D eigenvalue weighted by atomic mass is 9.99. The third-order valence-electron chi connectivity index (χ3n) is 4.00. The Morgan fingerprint density at radius 1 is 1.04 bits per heavy atom. The Morgan fingerprint density at radius 2 is 1.63 bits per heavy atom. The van der Waals surface area contributed by atoms with E-state index in [0.29, 0.717) is 16.8 Å². The van der Waals surface area contributed by atoms with Crippen LogP contribution >= 0.6 is 15.9 Å². The van der Waals surface area contributed by atoms with Gasteiger partial charge in [0.25, 0.3) is 0 Å². The van der Waals surface area contributed by atoms with Gasteiger partial charge in [0.2, 0.25) is 5.43 Å². The molecule has 0 atom stereocenters. The second kappa shape index (κ2) is 7.75. The van der Waals surface area contributed by atoms with Gasteiger partial charge in [-0.3, -0.25) is 4.79 Å². The summed E-state index contributed by atoms with van der Waals surface area (Å²) in [7, 11) is -1.77. The van der Waals surface area contributed by atoms with E-state index in [9.17, 15) is 13.2 Å². The normalized spacial score (nSPS) is 11.5. The average Bonchev–Trinajstić information content (AvgIpc) is 2.63. The third kappa shape index (κ3) is 4.18. The van der Waals surface area contributed by atoms with Crippen molar-refractivity contribution in [2.24, 2.45) is 0 Å². The van der Waals surface area contributed by atoms with Gasteiger partial charge < -0.3 is 4.74 Å². The van der Waals surface area contributed by atoms with E-state index in [2.05, 4.69) is 21.0 Å². The number of sulfone groups is 1. The van der Waals surface area contributed by atoms with Gasteiger partial charge in [-0.15, -0.1) is 0 Å². The quantitative estimate of drug-likeness (QED) is 0.597. The Balaban J connectivity index is 2.27. The lowest BCUT2D eigenvalue weighted by Crippen LogP contribution is -2.17. The van der Waals surface area contributed by atoms with Crippen LogP contribution in [0.4, 0.5) is 0 Å². The van der Waals surface area contributed by atoms with E-state index in [4.69, 9.17) is 4.74 Å². The van der Waals surface area contributed by atoms with Crippen molar-refractivity contribution < 1.29 is 13.2 Å². The van der Waals surface area contributed by atoms with E-state index >= 15 is 0 Å². The molecule has 0 N–H and O–H groups in total. The highest BCUT2D eigenvalue weighted by atomic mass is 79.9. The molecule has 0 unspecified atom stereocenters. The van der Waals surface area contributed by atoms with Crippen LogP contribution in [-0.4, -0.2) is 31.6 Å². The molecule has 140 valence electrons. The number of nitrogens with zero attached hydrogens (tertiary/aromatic N) is 2. The molecule has 6 nitrogen and oxygen atoms in total. The average molecular weight is 449 g/mol.